The molecule has 7 nitrogen and oxygen atoms in total. The molecule has 1 rings (SSSR count). The lowest BCUT2D eigenvalue weighted by Crippen LogP contribution is -2.55. The van der Waals surface area contributed by atoms with Crippen LogP contribution >= 0.6 is 0 Å². The summed E-state index contributed by atoms with van der Waals surface area (Å²) in [5.74, 6) is -0.821. The van der Waals surface area contributed by atoms with Crippen LogP contribution in [-0.4, -0.2) is 84.6 Å². The third-order valence-electron chi connectivity index (χ3n) is 4.92. The first-order valence-corrected chi connectivity index (χ1v) is 15.0. The van der Waals surface area contributed by atoms with Gasteiger partial charge in [0.05, 0.1) is 38.1 Å². The normalized spacial score (nSPS) is 26.1. The van der Waals surface area contributed by atoms with E-state index < -0.39 is 12.1 Å². The first-order chi connectivity index (χ1) is 15.9. The van der Waals surface area contributed by atoms with E-state index in [-0.39, 0.29) is 55.2 Å². The number of aliphatic hydroxyl groups is 1. The maximum atomic E-state index is 11.5. The number of hydrogen-bond acceptors (Lipinski definition) is 7. The van der Waals surface area contributed by atoms with Crippen molar-refractivity contribution in [3.63, 3.8) is 0 Å². The van der Waals surface area contributed by atoms with Gasteiger partial charge in [-0.15, -0.1) is 0 Å². The van der Waals surface area contributed by atoms with Crippen molar-refractivity contribution >= 4 is 35.3 Å². The predicted octanol–water partition coefficient (Wildman–Crippen LogP) is 4.17. The molecule has 6 radical (unpaired) electrons. The molecule has 200 valence electrons. The van der Waals surface area contributed by atoms with Crippen molar-refractivity contribution in [2.75, 3.05) is 13.7 Å². The Kier molecular flexibility index (Phi) is 13.1. The van der Waals surface area contributed by atoms with Crippen molar-refractivity contribution in [2.45, 2.75) is 121 Å². The minimum atomic E-state index is -0.893. The fourth-order valence-corrected chi connectivity index (χ4v) is 5.37. The van der Waals surface area contributed by atoms with Gasteiger partial charge in [-0.3, -0.25) is 0 Å². The van der Waals surface area contributed by atoms with Crippen molar-refractivity contribution in [1.82, 2.24) is 0 Å². The van der Waals surface area contributed by atoms with Gasteiger partial charge in [0, 0.05) is 18.4 Å². The molecule has 0 amide bonds. The summed E-state index contributed by atoms with van der Waals surface area (Å²) in [6, 6.07) is 0. The second kappa shape index (κ2) is 14.0. The van der Waals surface area contributed by atoms with Crippen LogP contribution in [0.1, 0.15) is 75.7 Å². The van der Waals surface area contributed by atoms with E-state index in [1.165, 1.54) is 19.3 Å². The van der Waals surface area contributed by atoms with Crippen molar-refractivity contribution in [3.8, 4) is 0 Å². The Morgan fingerprint density at radius 3 is 1.97 bits per heavy atom. The van der Waals surface area contributed by atoms with E-state index in [2.05, 4.69) is 67.1 Å². The molecular weight excluding hydrogens is 497 g/mol. The van der Waals surface area contributed by atoms with Crippen molar-refractivity contribution in [3.05, 3.63) is 12.2 Å². The Morgan fingerprint density at radius 2 is 1.49 bits per heavy atom. The third-order valence-corrected chi connectivity index (χ3v) is 7.91. The number of rotatable bonds is 11. The summed E-state index contributed by atoms with van der Waals surface area (Å²) in [6.07, 6.45) is 1.39. The van der Waals surface area contributed by atoms with E-state index in [0.29, 0.717) is 32.6 Å². The Labute approximate surface area is 220 Å². The summed E-state index contributed by atoms with van der Waals surface area (Å²) in [5, 5.41) is 10.9. The van der Waals surface area contributed by atoms with Crippen LogP contribution in [0.4, 0.5) is 0 Å². The zero-order chi connectivity index (χ0) is 27.0. The largest absolute Gasteiger partial charge is 0.466 e. The second-order valence-electron chi connectivity index (χ2n) is 12.3. The Morgan fingerprint density at radius 1 is 0.971 bits per heavy atom. The molecule has 10 heteroatoms. The number of aliphatic hydroxyl groups excluding tert-OH is 1. The van der Waals surface area contributed by atoms with E-state index in [9.17, 15) is 9.90 Å². The monoisotopic (exact) mass is 542 g/mol. The number of carbonyl (C=O) groups excluding carboxylic acids is 1. The number of hydrogen-bond donors (Lipinski definition) is 1. The van der Waals surface area contributed by atoms with Gasteiger partial charge in [0.2, 0.25) is 29.3 Å². The summed E-state index contributed by atoms with van der Waals surface area (Å²) in [4.78, 5) is 11.5. The van der Waals surface area contributed by atoms with Gasteiger partial charge in [0.15, 0.2) is 0 Å². The van der Waals surface area contributed by atoms with E-state index >= 15 is 0 Å². The van der Waals surface area contributed by atoms with Gasteiger partial charge < -0.3 is 27.9 Å². The molecule has 0 unspecified atom stereocenters. The quantitative estimate of drug-likeness (QED) is 0.238. The number of ether oxygens (including phenoxy) is 2. The van der Waals surface area contributed by atoms with Crippen LogP contribution in [0.25, 0.3) is 0 Å². The minimum absolute atomic E-state index is 0.00843. The first kappa shape index (κ1) is 32.7. The molecule has 1 heterocycles. The lowest BCUT2D eigenvalue weighted by Gasteiger charge is -2.45. The summed E-state index contributed by atoms with van der Waals surface area (Å²) in [5.41, 5.74) is 0. The first-order valence-electron chi connectivity index (χ1n) is 12.3. The average Bonchev–Trinajstić information content (AvgIpc) is 2.72. The van der Waals surface area contributed by atoms with Gasteiger partial charge in [-0.1, -0.05) is 69.2 Å². The molecule has 1 fully saturated rings. The van der Waals surface area contributed by atoms with Gasteiger partial charge in [0.25, 0.3) is 0 Å². The molecule has 0 bridgehead atoms. The van der Waals surface area contributed by atoms with Crippen LogP contribution in [0.3, 0.4) is 0 Å². The number of esters is 1. The molecule has 1 saturated heterocycles. The fourth-order valence-electron chi connectivity index (χ4n) is 3.20. The maximum absolute atomic E-state index is 11.5. The van der Waals surface area contributed by atoms with Crippen LogP contribution in [0.15, 0.2) is 12.2 Å². The van der Waals surface area contributed by atoms with E-state index in [1.54, 1.807) is 0 Å². The van der Waals surface area contributed by atoms with E-state index in [0.717, 1.165) is 0 Å². The number of methoxy groups -OCH3 is 1. The molecule has 1 N–H and O–H groups in total. The fraction of sp³-hybridized carbons (Fsp3) is 0.880. The molecule has 0 spiro atoms. The van der Waals surface area contributed by atoms with Gasteiger partial charge >= 0.3 is 5.97 Å². The van der Waals surface area contributed by atoms with Crippen molar-refractivity contribution in [2.24, 2.45) is 5.92 Å². The maximum Gasteiger partial charge on any atom is 0.330 e. The highest BCUT2D eigenvalue weighted by atomic mass is 28.2. The zero-order valence-electron chi connectivity index (χ0n) is 23.4. The highest BCUT2D eigenvalue weighted by molar-refractivity contribution is 6.32. The Hall–Kier alpha value is -0.339. The lowest BCUT2D eigenvalue weighted by atomic mass is 9.87. The highest BCUT2D eigenvalue weighted by Crippen LogP contribution is 2.34. The zero-order valence-corrected chi connectivity index (χ0v) is 26.4. The summed E-state index contributed by atoms with van der Waals surface area (Å²) >= 11 is 0. The van der Waals surface area contributed by atoms with E-state index in [4.69, 9.17) is 18.0 Å². The highest BCUT2D eigenvalue weighted by Gasteiger charge is 2.44. The topological polar surface area (TPSA) is 83.5 Å². The summed E-state index contributed by atoms with van der Waals surface area (Å²) in [7, 11) is 2.23. The van der Waals surface area contributed by atoms with Gasteiger partial charge in [0.1, 0.15) is 6.10 Å². The van der Waals surface area contributed by atoms with Crippen molar-refractivity contribution < 1.29 is 32.7 Å². The standard InChI is InChI=1S/C25H46O7Si3/c1-16(17(26)12-13-21(27)28-11)22-19(32-35-25(8,9)10)14-18(31-34-24(5,6)7)20(30-22)15-29-33-23(2,3)4/h12-13,16-20,22,26H,14-15H2,1-11H3/b13-12+/t16-,17+,18-,19+,20-,22-/m1/s1. The Balaban J connectivity index is 3.13. The number of carbonyl (C=O) groups is 1. The predicted molar refractivity (Wildman–Crippen MR) is 142 cm³/mol. The SMILES string of the molecule is COC(=O)/C=C/[C@H](O)[C@@H](C)[C@H]1O[C@H](CO[Si]C(C)(C)C)[C@H](O[Si]C(C)(C)C)C[C@@H]1O[Si]C(C)(C)C. The molecule has 0 aliphatic carbocycles. The van der Waals surface area contributed by atoms with Crippen LogP contribution in [0, 0.1) is 5.92 Å². The van der Waals surface area contributed by atoms with Crippen LogP contribution in [-0.2, 0) is 27.5 Å². The van der Waals surface area contributed by atoms with Crippen LogP contribution in [0.5, 0.6) is 0 Å². The minimum Gasteiger partial charge on any atom is -0.466 e. The Bertz CT molecular complexity index is 667. The van der Waals surface area contributed by atoms with Gasteiger partial charge in [-0.25, -0.2) is 4.79 Å². The smallest absolute Gasteiger partial charge is 0.330 e. The molecule has 6 atom stereocenters. The third kappa shape index (κ3) is 13.7. The molecule has 1 aliphatic rings. The summed E-state index contributed by atoms with van der Waals surface area (Å²) in [6.45, 7) is 21.7. The second-order valence-corrected chi connectivity index (χ2v) is 18.2. The summed E-state index contributed by atoms with van der Waals surface area (Å²) < 4.78 is 30.1. The molecule has 35 heavy (non-hydrogen) atoms. The molecule has 0 aromatic rings. The van der Waals surface area contributed by atoms with Crippen LogP contribution < -0.4 is 0 Å². The average molecular weight is 543 g/mol. The molecule has 1 aliphatic heterocycles. The lowest BCUT2D eigenvalue weighted by molar-refractivity contribution is -0.187. The molecular formula is C25H46O7Si3. The van der Waals surface area contributed by atoms with Crippen LogP contribution in [0.2, 0.25) is 15.1 Å². The molecule has 0 aromatic carbocycles. The van der Waals surface area contributed by atoms with E-state index in [1.807, 2.05) is 6.92 Å². The van der Waals surface area contributed by atoms with Crippen molar-refractivity contribution in [1.29, 1.82) is 0 Å². The molecule has 0 aromatic heterocycles. The van der Waals surface area contributed by atoms with Gasteiger partial charge in [-0.05, 0) is 21.2 Å². The molecule has 0 saturated carbocycles. The van der Waals surface area contributed by atoms with Gasteiger partial charge in [-0.2, -0.15) is 0 Å².